The second-order valence-corrected chi connectivity index (χ2v) is 6.63. The quantitative estimate of drug-likeness (QED) is 0.622. The molecule has 0 spiro atoms. The van der Waals surface area contributed by atoms with E-state index in [2.05, 4.69) is 6.58 Å². The van der Waals surface area contributed by atoms with Gasteiger partial charge in [-0.25, -0.2) is 8.42 Å². The molecule has 0 saturated carbocycles. The Balaban J connectivity index is 2.57. The maximum Gasteiger partial charge on any atom is 0.261 e. The van der Waals surface area contributed by atoms with E-state index < -0.39 is 9.05 Å². The lowest BCUT2D eigenvalue weighted by atomic mass is 10.0. The van der Waals surface area contributed by atoms with Gasteiger partial charge in [-0.2, -0.15) is 0 Å². The zero-order valence-corrected chi connectivity index (χ0v) is 12.2. The molecule has 0 atom stereocenters. The smallest absolute Gasteiger partial charge is 0.261 e. The second-order valence-electron chi connectivity index (χ2n) is 4.06. The van der Waals surface area contributed by atoms with Gasteiger partial charge in [0.05, 0.1) is 4.90 Å². The molecule has 0 radical (unpaired) electrons. The van der Waals surface area contributed by atoms with E-state index >= 15 is 0 Å². The zero-order chi connectivity index (χ0) is 14.6. The lowest BCUT2D eigenvalue weighted by Crippen LogP contribution is -1.98. The van der Waals surface area contributed by atoms with Crippen LogP contribution in [0.15, 0.2) is 66.1 Å². The van der Waals surface area contributed by atoms with Gasteiger partial charge in [-0.3, -0.25) is 0 Å². The van der Waals surface area contributed by atoms with Gasteiger partial charge in [0.15, 0.2) is 0 Å². The predicted molar refractivity (Wildman–Crippen MR) is 80.6 cm³/mol. The van der Waals surface area contributed by atoms with Crippen LogP contribution in [0.3, 0.4) is 0 Å². The summed E-state index contributed by atoms with van der Waals surface area (Å²) in [6, 6.07) is 13.9. The van der Waals surface area contributed by atoms with Crippen LogP contribution in [0.4, 0.5) is 0 Å². The Morgan fingerprint density at radius 1 is 1.15 bits per heavy atom. The number of ether oxygens (including phenoxy) is 1. The maximum absolute atomic E-state index is 11.5. The summed E-state index contributed by atoms with van der Waals surface area (Å²) in [5.74, 6) is 0.583. The molecule has 0 bridgehead atoms. The minimum atomic E-state index is -3.77. The minimum Gasteiger partial charge on any atom is -0.489 e. The molecule has 0 saturated heterocycles. The third kappa shape index (κ3) is 3.40. The summed E-state index contributed by atoms with van der Waals surface area (Å²) in [5, 5.41) is 0. The van der Waals surface area contributed by atoms with Crippen molar-refractivity contribution >= 4 is 19.7 Å². The lowest BCUT2D eigenvalue weighted by molar-refractivity contribution is 0.364. The largest absolute Gasteiger partial charge is 0.489 e. The first-order valence-corrected chi connectivity index (χ1v) is 8.21. The first-order chi connectivity index (χ1) is 9.52. The highest BCUT2D eigenvalue weighted by Gasteiger charge is 2.14. The fourth-order valence-corrected chi connectivity index (χ4v) is 2.56. The van der Waals surface area contributed by atoms with Crippen molar-refractivity contribution in [3.63, 3.8) is 0 Å². The molecule has 3 nitrogen and oxygen atoms in total. The molecule has 0 unspecified atom stereocenters. The molecule has 0 N–H and O–H groups in total. The fraction of sp³-hybridized carbons (Fsp3) is 0.0667. The van der Waals surface area contributed by atoms with Crippen LogP contribution in [0.1, 0.15) is 0 Å². The molecular weight excluding hydrogens is 296 g/mol. The van der Waals surface area contributed by atoms with Crippen molar-refractivity contribution in [2.24, 2.45) is 0 Å². The molecule has 0 aliphatic rings. The van der Waals surface area contributed by atoms with E-state index in [9.17, 15) is 8.42 Å². The van der Waals surface area contributed by atoms with Crippen molar-refractivity contribution in [1.82, 2.24) is 0 Å². The van der Waals surface area contributed by atoms with Gasteiger partial charge in [0.2, 0.25) is 0 Å². The van der Waals surface area contributed by atoms with E-state index in [1.54, 1.807) is 12.1 Å². The van der Waals surface area contributed by atoms with E-state index in [4.69, 9.17) is 15.4 Å². The van der Waals surface area contributed by atoms with Gasteiger partial charge in [0.1, 0.15) is 12.4 Å². The summed E-state index contributed by atoms with van der Waals surface area (Å²) in [6.07, 6.45) is 1.63. The Morgan fingerprint density at radius 2 is 1.85 bits per heavy atom. The third-order valence-electron chi connectivity index (χ3n) is 2.67. The van der Waals surface area contributed by atoms with Gasteiger partial charge in [-0.05, 0) is 23.8 Å². The topological polar surface area (TPSA) is 43.4 Å². The molecular formula is C15H13ClO3S. The molecule has 0 aromatic heterocycles. The Morgan fingerprint density at radius 3 is 2.45 bits per heavy atom. The number of hydrogen-bond acceptors (Lipinski definition) is 3. The first-order valence-electron chi connectivity index (χ1n) is 5.90. The molecule has 0 aliphatic heterocycles. The Hall–Kier alpha value is -1.78. The van der Waals surface area contributed by atoms with Crippen LogP contribution in [0.2, 0.25) is 0 Å². The maximum atomic E-state index is 11.5. The average molecular weight is 309 g/mol. The molecule has 0 fully saturated rings. The summed E-state index contributed by atoms with van der Waals surface area (Å²) in [6.45, 7) is 3.93. The highest BCUT2D eigenvalue weighted by atomic mass is 35.7. The Labute approximate surface area is 122 Å². The zero-order valence-electron chi connectivity index (χ0n) is 10.6. The molecule has 104 valence electrons. The summed E-state index contributed by atoms with van der Waals surface area (Å²) in [7, 11) is 1.62. The standard InChI is InChI=1S/C15H13ClO3S/c1-2-10-19-15-9-8-13(20(16,17)18)11-14(15)12-6-4-3-5-7-12/h2-9,11H,1,10H2. The Bertz CT molecular complexity index is 709. The van der Waals surface area contributed by atoms with Gasteiger partial charge in [-0.1, -0.05) is 43.0 Å². The molecule has 2 aromatic carbocycles. The van der Waals surface area contributed by atoms with Gasteiger partial charge in [0, 0.05) is 16.2 Å². The number of halogens is 1. The normalized spacial score (nSPS) is 11.1. The van der Waals surface area contributed by atoms with Crippen LogP contribution < -0.4 is 4.74 Å². The summed E-state index contributed by atoms with van der Waals surface area (Å²) in [5.41, 5.74) is 1.53. The number of hydrogen-bond donors (Lipinski definition) is 0. The van der Waals surface area contributed by atoms with E-state index in [0.29, 0.717) is 17.9 Å². The van der Waals surface area contributed by atoms with Crippen LogP contribution in [0.25, 0.3) is 11.1 Å². The van der Waals surface area contributed by atoms with E-state index in [0.717, 1.165) is 5.56 Å². The summed E-state index contributed by atoms with van der Waals surface area (Å²) in [4.78, 5) is 0.0453. The SMILES string of the molecule is C=CCOc1ccc(S(=O)(=O)Cl)cc1-c1ccccc1. The molecule has 2 aromatic rings. The van der Waals surface area contributed by atoms with Crippen LogP contribution >= 0.6 is 10.7 Å². The average Bonchev–Trinajstić information content (AvgIpc) is 2.45. The molecule has 20 heavy (non-hydrogen) atoms. The lowest BCUT2D eigenvalue weighted by Gasteiger charge is -2.11. The van der Waals surface area contributed by atoms with Crippen LogP contribution in [0, 0.1) is 0 Å². The van der Waals surface area contributed by atoms with Gasteiger partial charge in [-0.15, -0.1) is 0 Å². The highest BCUT2D eigenvalue weighted by molar-refractivity contribution is 8.13. The van der Waals surface area contributed by atoms with Crippen molar-refractivity contribution in [2.45, 2.75) is 4.90 Å². The monoisotopic (exact) mass is 308 g/mol. The minimum absolute atomic E-state index is 0.0453. The molecule has 0 amide bonds. The van der Waals surface area contributed by atoms with Gasteiger partial charge in [0.25, 0.3) is 9.05 Å². The highest BCUT2D eigenvalue weighted by Crippen LogP contribution is 2.33. The van der Waals surface area contributed by atoms with Gasteiger partial charge < -0.3 is 4.74 Å². The van der Waals surface area contributed by atoms with Gasteiger partial charge >= 0.3 is 0 Å². The number of benzene rings is 2. The van der Waals surface area contributed by atoms with Crippen molar-refractivity contribution in [3.8, 4) is 16.9 Å². The molecule has 2 rings (SSSR count). The van der Waals surface area contributed by atoms with Crippen LogP contribution in [-0.4, -0.2) is 15.0 Å². The van der Waals surface area contributed by atoms with Crippen molar-refractivity contribution < 1.29 is 13.2 Å². The Kier molecular flexibility index (Phi) is 4.47. The van der Waals surface area contributed by atoms with Crippen molar-refractivity contribution in [2.75, 3.05) is 6.61 Å². The van der Waals surface area contributed by atoms with E-state index in [-0.39, 0.29) is 4.90 Å². The second kappa shape index (κ2) is 6.11. The molecule has 0 aliphatic carbocycles. The third-order valence-corrected chi connectivity index (χ3v) is 4.03. The first kappa shape index (κ1) is 14.6. The van der Waals surface area contributed by atoms with Crippen molar-refractivity contribution in [3.05, 3.63) is 61.2 Å². The van der Waals surface area contributed by atoms with Crippen molar-refractivity contribution in [1.29, 1.82) is 0 Å². The predicted octanol–water partition coefficient (Wildman–Crippen LogP) is 3.85. The molecule has 0 heterocycles. The summed E-state index contributed by atoms with van der Waals surface area (Å²) < 4.78 is 28.5. The van der Waals surface area contributed by atoms with Crippen LogP contribution in [0.5, 0.6) is 5.75 Å². The van der Waals surface area contributed by atoms with E-state index in [1.807, 2.05) is 30.3 Å². The summed E-state index contributed by atoms with van der Waals surface area (Å²) >= 11 is 0. The molecule has 5 heteroatoms. The number of rotatable bonds is 5. The fourth-order valence-electron chi connectivity index (χ4n) is 1.78. The van der Waals surface area contributed by atoms with Crippen LogP contribution in [-0.2, 0) is 9.05 Å². The van der Waals surface area contributed by atoms with E-state index in [1.165, 1.54) is 12.1 Å².